The topological polar surface area (TPSA) is 58.8 Å². The van der Waals surface area contributed by atoms with E-state index in [0.717, 1.165) is 44.6 Å². The Bertz CT molecular complexity index is 809. The lowest BCUT2D eigenvalue weighted by molar-refractivity contribution is 0.0541. The normalized spacial score (nSPS) is 20.5. The zero-order valence-corrected chi connectivity index (χ0v) is 16.1. The predicted molar refractivity (Wildman–Crippen MR) is 102 cm³/mol. The van der Waals surface area contributed by atoms with Crippen molar-refractivity contribution in [2.45, 2.75) is 38.8 Å². The minimum absolute atomic E-state index is 0.0486. The van der Waals surface area contributed by atoms with Crippen molar-refractivity contribution in [3.05, 3.63) is 52.4 Å². The number of hydrogen-bond acceptors (Lipinski definition) is 5. The van der Waals surface area contributed by atoms with E-state index in [2.05, 4.69) is 34.3 Å². The summed E-state index contributed by atoms with van der Waals surface area (Å²) >= 11 is 0. The van der Waals surface area contributed by atoms with Crippen molar-refractivity contribution in [2.24, 2.45) is 0 Å². The second kappa shape index (κ2) is 7.82. The van der Waals surface area contributed by atoms with Crippen LogP contribution < -0.4 is 0 Å². The number of aryl methyl sites for hydroxylation is 2. The summed E-state index contributed by atoms with van der Waals surface area (Å²) in [4.78, 5) is 17.3. The number of benzene rings is 1. The van der Waals surface area contributed by atoms with Gasteiger partial charge in [-0.1, -0.05) is 29.4 Å². The predicted octanol–water partition coefficient (Wildman–Crippen LogP) is 2.44. The van der Waals surface area contributed by atoms with Gasteiger partial charge in [0.2, 0.25) is 0 Å². The van der Waals surface area contributed by atoms with E-state index in [1.807, 2.05) is 11.8 Å². The monoisotopic (exact) mass is 369 g/mol. The first kappa shape index (κ1) is 18.2. The molecule has 1 fully saturated rings. The first-order valence-electron chi connectivity index (χ1n) is 9.71. The van der Waals surface area contributed by atoms with Crippen LogP contribution in [-0.4, -0.2) is 60.2 Å². The van der Waals surface area contributed by atoms with Gasteiger partial charge in [0.25, 0.3) is 5.91 Å². The number of carbonyl (C=O) groups excluding carboxylic acids is 1. The Morgan fingerprint density at radius 1 is 1.22 bits per heavy atom. The van der Waals surface area contributed by atoms with Crippen LogP contribution in [0.2, 0.25) is 0 Å². The third-order valence-corrected chi connectivity index (χ3v) is 5.91. The summed E-state index contributed by atoms with van der Waals surface area (Å²) in [6.07, 6.45) is 3.47. The highest BCUT2D eigenvalue weighted by atomic mass is 16.5. The molecule has 4 rings (SSSR count). The standard InChI is InChI=1S/C21H27N3O3/c1-15-19(14-26-2)20(22-27-15)21(25)24-11-9-23(10-12-24)18-8-7-16-5-3-4-6-17(16)13-18/h3-6,18H,7-14H2,1-2H3. The maximum atomic E-state index is 12.9. The number of nitrogens with zero attached hydrogens (tertiary/aromatic N) is 3. The van der Waals surface area contributed by atoms with Crippen molar-refractivity contribution < 1.29 is 14.1 Å². The van der Waals surface area contributed by atoms with E-state index in [0.29, 0.717) is 24.1 Å². The SMILES string of the molecule is COCc1c(C(=O)N2CCN(C3CCc4ccccc4C3)CC2)noc1C. The fraction of sp³-hybridized carbons (Fsp3) is 0.524. The smallest absolute Gasteiger partial charge is 0.276 e. The first-order valence-corrected chi connectivity index (χ1v) is 9.71. The zero-order valence-electron chi connectivity index (χ0n) is 16.1. The molecular weight excluding hydrogens is 342 g/mol. The molecule has 1 aliphatic heterocycles. The Kier molecular flexibility index (Phi) is 5.27. The van der Waals surface area contributed by atoms with Gasteiger partial charge in [-0.05, 0) is 37.3 Å². The number of amides is 1. The molecule has 2 aliphatic rings. The third kappa shape index (κ3) is 3.64. The van der Waals surface area contributed by atoms with Gasteiger partial charge in [0, 0.05) is 39.3 Å². The van der Waals surface area contributed by atoms with Crippen molar-refractivity contribution in [3.8, 4) is 0 Å². The van der Waals surface area contributed by atoms with Gasteiger partial charge in [0.1, 0.15) is 5.76 Å². The Hall–Kier alpha value is -2.18. The van der Waals surface area contributed by atoms with Gasteiger partial charge in [-0.3, -0.25) is 9.69 Å². The Morgan fingerprint density at radius 3 is 2.70 bits per heavy atom. The lowest BCUT2D eigenvalue weighted by Crippen LogP contribution is -2.53. The van der Waals surface area contributed by atoms with Crippen LogP contribution in [0.1, 0.15) is 39.4 Å². The maximum Gasteiger partial charge on any atom is 0.276 e. The van der Waals surface area contributed by atoms with Crippen LogP contribution in [0.3, 0.4) is 0 Å². The molecule has 2 heterocycles. The number of aromatic nitrogens is 1. The van der Waals surface area contributed by atoms with E-state index in [1.54, 1.807) is 7.11 Å². The molecular formula is C21H27N3O3. The quantitative estimate of drug-likeness (QED) is 0.829. The molecule has 1 aromatic heterocycles. The Labute approximate surface area is 160 Å². The fourth-order valence-electron chi connectivity index (χ4n) is 4.30. The number of hydrogen-bond donors (Lipinski definition) is 0. The van der Waals surface area contributed by atoms with Gasteiger partial charge in [-0.15, -0.1) is 0 Å². The summed E-state index contributed by atoms with van der Waals surface area (Å²) in [5.41, 5.74) is 4.13. The van der Waals surface area contributed by atoms with E-state index in [9.17, 15) is 4.79 Å². The van der Waals surface area contributed by atoms with Gasteiger partial charge >= 0.3 is 0 Å². The molecule has 1 unspecified atom stereocenters. The number of fused-ring (bicyclic) bond motifs is 1. The molecule has 1 aliphatic carbocycles. The second-order valence-corrected chi connectivity index (χ2v) is 7.49. The molecule has 0 saturated carbocycles. The maximum absolute atomic E-state index is 12.9. The largest absolute Gasteiger partial charge is 0.380 e. The van der Waals surface area contributed by atoms with Crippen LogP contribution in [0, 0.1) is 6.92 Å². The summed E-state index contributed by atoms with van der Waals surface area (Å²) in [7, 11) is 1.61. The molecule has 2 aromatic rings. The summed E-state index contributed by atoms with van der Waals surface area (Å²) in [5.74, 6) is 0.604. The molecule has 144 valence electrons. The van der Waals surface area contributed by atoms with Crippen LogP contribution in [-0.2, 0) is 24.2 Å². The Morgan fingerprint density at radius 2 is 1.96 bits per heavy atom. The highest BCUT2D eigenvalue weighted by Crippen LogP contribution is 2.25. The molecule has 1 amide bonds. The van der Waals surface area contributed by atoms with Crippen LogP contribution in [0.4, 0.5) is 0 Å². The van der Waals surface area contributed by atoms with E-state index in [-0.39, 0.29) is 5.91 Å². The molecule has 1 aromatic carbocycles. The molecule has 0 radical (unpaired) electrons. The van der Waals surface area contributed by atoms with Crippen molar-refractivity contribution >= 4 is 5.91 Å². The van der Waals surface area contributed by atoms with Gasteiger partial charge in [0.05, 0.1) is 12.2 Å². The zero-order chi connectivity index (χ0) is 18.8. The lowest BCUT2D eigenvalue weighted by Gasteiger charge is -2.41. The molecule has 6 nitrogen and oxygen atoms in total. The molecule has 27 heavy (non-hydrogen) atoms. The van der Waals surface area contributed by atoms with Crippen molar-refractivity contribution in [3.63, 3.8) is 0 Å². The number of methoxy groups -OCH3 is 1. The second-order valence-electron chi connectivity index (χ2n) is 7.49. The van der Waals surface area contributed by atoms with E-state index < -0.39 is 0 Å². The average Bonchev–Trinajstić information content (AvgIpc) is 3.08. The summed E-state index contributed by atoms with van der Waals surface area (Å²) in [6, 6.07) is 9.35. The van der Waals surface area contributed by atoms with E-state index >= 15 is 0 Å². The van der Waals surface area contributed by atoms with Crippen molar-refractivity contribution in [2.75, 3.05) is 33.3 Å². The fourth-order valence-corrected chi connectivity index (χ4v) is 4.30. The van der Waals surface area contributed by atoms with Gasteiger partial charge < -0.3 is 14.2 Å². The molecule has 1 atom stereocenters. The van der Waals surface area contributed by atoms with Crippen LogP contribution in [0.25, 0.3) is 0 Å². The van der Waals surface area contributed by atoms with E-state index in [4.69, 9.17) is 9.26 Å². The van der Waals surface area contributed by atoms with E-state index in [1.165, 1.54) is 17.5 Å². The first-order chi connectivity index (χ1) is 13.2. The van der Waals surface area contributed by atoms with Crippen LogP contribution in [0.5, 0.6) is 0 Å². The summed E-state index contributed by atoms with van der Waals surface area (Å²) < 4.78 is 10.4. The van der Waals surface area contributed by atoms with Gasteiger partial charge in [0.15, 0.2) is 5.69 Å². The van der Waals surface area contributed by atoms with Crippen LogP contribution in [0.15, 0.2) is 28.8 Å². The van der Waals surface area contributed by atoms with Gasteiger partial charge in [-0.25, -0.2) is 0 Å². The number of piperazine rings is 1. The van der Waals surface area contributed by atoms with Crippen molar-refractivity contribution in [1.82, 2.24) is 15.0 Å². The lowest BCUT2D eigenvalue weighted by atomic mass is 9.87. The highest BCUT2D eigenvalue weighted by molar-refractivity contribution is 5.93. The van der Waals surface area contributed by atoms with Crippen molar-refractivity contribution in [1.29, 1.82) is 0 Å². The minimum atomic E-state index is -0.0486. The molecule has 0 bridgehead atoms. The van der Waals surface area contributed by atoms with Crippen LogP contribution >= 0.6 is 0 Å². The highest BCUT2D eigenvalue weighted by Gasteiger charge is 2.31. The average molecular weight is 369 g/mol. The molecule has 0 N–H and O–H groups in total. The Balaban J connectivity index is 1.37. The number of rotatable bonds is 4. The molecule has 6 heteroatoms. The number of carbonyl (C=O) groups is 1. The molecule has 1 saturated heterocycles. The molecule has 0 spiro atoms. The van der Waals surface area contributed by atoms with Gasteiger partial charge in [-0.2, -0.15) is 0 Å². The number of ether oxygens (including phenoxy) is 1. The summed E-state index contributed by atoms with van der Waals surface area (Å²) in [6.45, 7) is 5.45. The third-order valence-electron chi connectivity index (χ3n) is 5.91. The summed E-state index contributed by atoms with van der Waals surface area (Å²) in [5, 5.41) is 3.98. The minimum Gasteiger partial charge on any atom is -0.380 e.